The predicted molar refractivity (Wildman–Crippen MR) is 129 cm³/mol. The van der Waals surface area contributed by atoms with Crippen molar-refractivity contribution < 1.29 is 13.6 Å². The first kappa shape index (κ1) is 22.3. The number of allylic oxidation sites excluding steroid dienone is 5. The fourth-order valence-electron chi connectivity index (χ4n) is 4.22. The molecule has 2 heterocycles. The van der Waals surface area contributed by atoms with E-state index in [1.54, 1.807) is 42.8 Å². The highest BCUT2D eigenvalue weighted by atomic mass is 19.1. The molecule has 2 aliphatic rings. The van der Waals surface area contributed by atoms with Gasteiger partial charge in [-0.15, -0.1) is 0 Å². The van der Waals surface area contributed by atoms with Crippen LogP contribution in [-0.4, -0.2) is 21.6 Å². The van der Waals surface area contributed by atoms with Gasteiger partial charge < -0.3 is 21.4 Å². The summed E-state index contributed by atoms with van der Waals surface area (Å²) in [5.41, 5.74) is 7.09. The minimum atomic E-state index is -0.719. The van der Waals surface area contributed by atoms with E-state index >= 15 is 0 Å². The molecule has 0 bridgehead atoms. The summed E-state index contributed by atoms with van der Waals surface area (Å²) in [6.45, 7) is 0. The number of amides is 1. The second-order valence-electron chi connectivity index (χ2n) is 8.55. The Labute approximate surface area is 200 Å². The Balaban J connectivity index is 1.59. The quantitative estimate of drug-likeness (QED) is 0.415. The van der Waals surface area contributed by atoms with Gasteiger partial charge in [0.05, 0.1) is 22.7 Å². The summed E-state index contributed by atoms with van der Waals surface area (Å²) in [7, 11) is 0. The van der Waals surface area contributed by atoms with Crippen LogP contribution < -0.4 is 11.1 Å². The number of H-pyrrole nitrogens is 1. The summed E-state index contributed by atoms with van der Waals surface area (Å²) in [6, 6.07) is 4.41. The zero-order valence-electron chi connectivity index (χ0n) is 18.5. The number of carbonyl (C=O) groups is 1. The maximum atomic E-state index is 14.9. The maximum Gasteiger partial charge on any atom is 0.251 e. The van der Waals surface area contributed by atoms with E-state index in [0.717, 1.165) is 12.1 Å². The van der Waals surface area contributed by atoms with Gasteiger partial charge >= 0.3 is 0 Å². The van der Waals surface area contributed by atoms with Crippen LogP contribution in [-0.2, 0) is 0 Å². The van der Waals surface area contributed by atoms with Gasteiger partial charge in [-0.05, 0) is 43.2 Å². The fourth-order valence-corrected chi connectivity index (χ4v) is 4.22. The number of nitrogens with one attached hydrogen (secondary N) is 3. The highest BCUT2D eigenvalue weighted by Crippen LogP contribution is 2.55. The fraction of sp³-hybridized carbons (Fsp3) is 0.148. The Morgan fingerprint density at radius 2 is 2.06 bits per heavy atom. The molecule has 1 saturated carbocycles. The summed E-state index contributed by atoms with van der Waals surface area (Å²) < 4.78 is 29.0. The van der Waals surface area contributed by atoms with Gasteiger partial charge in [-0.3, -0.25) is 4.79 Å². The van der Waals surface area contributed by atoms with Crippen LogP contribution in [0.1, 0.15) is 40.4 Å². The van der Waals surface area contributed by atoms with Crippen molar-refractivity contribution in [3.8, 4) is 11.8 Å². The van der Waals surface area contributed by atoms with Crippen molar-refractivity contribution in [3.63, 3.8) is 0 Å². The van der Waals surface area contributed by atoms with Crippen molar-refractivity contribution in [2.45, 2.75) is 18.9 Å². The molecule has 0 spiro atoms. The van der Waals surface area contributed by atoms with Crippen molar-refractivity contribution >= 4 is 22.7 Å². The summed E-state index contributed by atoms with van der Waals surface area (Å²) in [5.74, 6) is 4.58. The molecule has 35 heavy (non-hydrogen) atoms. The van der Waals surface area contributed by atoms with Crippen LogP contribution in [0.5, 0.6) is 0 Å². The number of nitrogens with zero attached hydrogens (tertiary/aromatic N) is 1. The van der Waals surface area contributed by atoms with E-state index in [0.29, 0.717) is 40.7 Å². The van der Waals surface area contributed by atoms with Crippen molar-refractivity contribution in [1.29, 1.82) is 5.41 Å². The van der Waals surface area contributed by atoms with Gasteiger partial charge in [0, 0.05) is 40.7 Å². The number of carbonyl (C=O) groups excluding carboxylic acids is 1. The van der Waals surface area contributed by atoms with Gasteiger partial charge in [-0.1, -0.05) is 30.1 Å². The number of halogens is 2. The molecular weight excluding hydrogens is 448 g/mol. The van der Waals surface area contributed by atoms with E-state index in [1.807, 2.05) is 0 Å². The van der Waals surface area contributed by atoms with Crippen molar-refractivity contribution in [2.75, 3.05) is 0 Å². The lowest BCUT2D eigenvalue weighted by molar-refractivity contribution is 0.1000. The number of hydrogen-bond donors (Lipinski definition) is 4. The van der Waals surface area contributed by atoms with E-state index in [9.17, 15) is 13.6 Å². The van der Waals surface area contributed by atoms with E-state index in [4.69, 9.17) is 11.1 Å². The largest absolute Gasteiger partial charge is 0.382 e. The van der Waals surface area contributed by atoms with Gasteiger partial charge in [-0.2, -0.15) is 0 Å². The maximum absolute atomic E-state index is 14.9. The van der Waals surface area contributed by atoms with Crippen LogP contribution >= 0.6 is 0 Å². The second kappa shape index (κ2) is 8.69. The molecular formula is C27H21F2N5O. The third-order valence-corrected chi connectivity index (χ3v) is 6.27. The number of hydrogen-bond acceptors (Lipinski definition) is 4. The number of nitrogens with two attached hydrogens (primary N) is 1. The Morgan fingerprint density at radius 3 is 2.80 bits per heavy atom. The lowest BCUT2D eigenvalue weighted by Gasteiger charge is -2.25. The molecule has 1 atom stereocenters. The van der Waals surface area contributed by atoms with Crippen LogP contribution in [0.2, 0.25) is 0 Å². The van der Waals surface area contributed by atoms with Gasteiger partial charge in [0.25, 0.3) is 5.91 Å². The number of primary amides is 1. The second-order valence-corrected chi connectivity index (χ2v) is 8.55. The Bertz CT molecular complexity index is 1520. The molecule has 174 valence electrons. The molecule has 1 fully saturated rings. The predicted octanol–water partition coefficient (Wildman–Crippen LogP) is 4.43. The standard InChI is InChI=1S/C27H21F2N5O/c28-17-5-6-22(29)20(13-17)24(33-14-16-3-1-2-4-23(16)30)27(10-11-27)9-7-18-19-8-12-32-26(19)34-15-21(18)25(31)35/h1-6,8,12-15,24,30,33H,10-11H2,(H2,31,35)(H,32,34)/b16-14-,30-23?. The van der Waals surface area contributed by atoms with Crippen LogP contribution in [0.25, 0.3) is 11.0 Å². The van der Waals surface area contributed by atoms with Crippen molar-refractivity contribution in [3.05, 3.63) is 101 Å². The summed E-state index contributed by atoms with van der Waals surface area (Å²) in [5, 5.41) is 12.0. The number of aromatic amines is 1. The Morgan fingerprint density at radius 1 is 1.26 bits per heavy atom. The van der Waals surface area contributed by atoms with E-state index < -0.39 is 29.0 Å². The average molecular weight is 469 g/mol. The van der Waals surface area contributed by atoms with E-state index in [2.05, 4.69) is 27.1 Å². The number of benzene rings is 1. The SMILES string of the molecule is N=C1C=CC=C/C1=C/NC(c1cc(F)ccc1F)C1(C#Cc2c(C(N)=O)cnc3[nH]ccc23)CC1. The molecule has 2 aromatic heterocycles. The summed E-state index contributed by atoms with van der Waals surface area (Å²) in [6.07, 6.45) is 12.9. The minimum absolute atomic E-state index is 0.146. The van der Waals surface area contributed by atoms with Gasteiger partial charge in [-0.25, -0.2) is 13.8 Å². The van der Waals surface area contributed by atoms with E-state index in [1.165, 1.54) is 12.3 Å². The molecule has 0 radical (unpaired) electrons. The van der Waals surface area contributed by atoms with Crippen LogP contribution in [0.4, 0.5) is 8.78 Å². The summed E-state index contributed by atoms with van der Waals surface area (Å²) in [4.78, 5) is 19.2. The highest BCUT2D eigenvalue weighted by Gasteiger charge is 2.50. The number of fused-ring (bicyclic) bond motifs is 1. The number of rotatable bonds is 5. The zero-order valence-corrected chi connectivity index (χ0v) is 18.5. The number of pyridine rings is 1. The first-order chi connectivity index (χ1) is 16.9. The molecule has 5 N–H and O–H groups in total. The van der Waals surface area contributed by atoms with Gasteiger partial charge in [0.1, 0.15) is 17.3 Å². The first-order valence-corrected chi connectivity index (χ1v) is 11.0. The molecule has 1 amide bonds. The van der Waals surface area contributed by atoms with Crippen LogP contribution in [0.3, 0.4) is 0 Å². The Hall–Kier alpha value is -4.51. The molecule has 8 heteroatoms. The molecule has 2 aliphatic carbocycles. The normalized spacial score (nSPS) is 17.8. The highest BCUT2D eigenvalue weighted by molar-refractivity contribution is 6.09. The lowest BCUT2D eigenvalue weighted by atomic mass is 9.89. The molecule has 1 aromatic carbocycles. The molecule has 0 aliphatic heterocycles. The summed E-state index contributed by atoms with van der Waals surface area (Å²) >= 11 is 0. The average Bonchev–Trinajstić information content (AvgIpc) is 3.46. The van der Waals surface area contributed by atoms with Crippen LogP contribution in [0, 0.1) is 34.3 Å². The zero-order chi connectivity index (χ0) is 24.6. The molecule has 0 saturated heterocycles. The van der Waals surface area contributed by atoms with Crippen molar-refractivity contribution in [1.82, 2.24) is 15.3 Å². The molecule has 3 aromatic rings. The third-order valence-electron chi connectivity index (χ3n) is 6.27. The molecule has 6 nitrogen and oxygen atoms in total. The van der Waals surface area contributed by atoms with Crippen molar-refractivity contribution in [2.24, 2.45) is 11.1 Å². The smallest absolute Gasteiger partial charge is 0.251 e. The lowest BCUT2D eigenvalue weighted by Crippen LogP contribution is -2.27. The molecule has 1 unspecified atom stereocenters. The minimum Gasteiger partial charge on any atom is -0.382 e. The number of aromatic nitrogens is 2. The third kappa shape index (κ3) is 4.24. The Kier molecular flexibility index (Phi) is 5.53. The van der Waals surface area contributed by atoms with Gasteiger partial charge in [0.15, 0.2) is 0 Å². The van der Waals surface area contributed by atoms with E-state index in [-0.39, 0.29) is 11.1 Å². The topological polar surface area (TPSA) is 108 Å². The van der Waals surface area contributed by atoms with Crippen LogP contribution in [0.15, 0.2) is 72.7 Å². The van der Waals surface area contributed by atoms with Gasteiger partial charge in [0.2, 0.25) is 0 Å². The first-order valence-electron chi connectivity index (χ1n) is 11.0. The molecule has 5 rings (SSSR count). The monoisotopic (exact) mass is 469 g/mol.